The molecular weight excluding hydrogens is 282 g/mol. The molecule has 0 amide bonds. The first-order valence-corrected chi connectivity index (χ1v) is 7.33. The maximum atomic E-state index is 10.0. The maximum absolute atomic E-state index is 10.0. The number of likely N-dealkylation sites (tertiary alicyclic amines) is 1. The summed E-state index contributed by atoms with van der Waals surface area (Å²) < 4.78 is 5.29. The van der Waals surface area contributed by atoms with Gasteiger partial charge in [-0.15, -0.1) is 0 Å². The molecule has 0 bridgehead atoms. The number of aromatic amines is 1. The van der Waals surface area contributed by atoms with E-state index < -0.39 is 0 Å². The van der Waals surface area contributed by atoms with Crippen LogP contribution < -0.4 is 0 Å². The molecule has 7 nitrogen and oxygen atoms in total. The molecule has 0 spiro atoms. The highest BCUT2D eigenvalue weighted by atomic mass is 16.5. The van der Waals surface area contributed by atoms with Gasteiger partial charge in [0.15, 0.2) is 5.82 Å². The van der Waals surface area contributed by atoms with Crippen molar-refractivity contribution in [3.8, 4) is 0 Å². The highest BCUT2D eigenvalue weighted by molar-refractivity contribution is 5.78. The van der Waals surface area contributed by atoms with Crippen LogP contribution >= 0.6 is 0 Å². The molecule has 0 saturated carbocycles. The number of fused-ring (bicyclic) bond motifs is 1. The third kappa shape index (κ3) is 2.38. The normalized spacial score (nSPS) is 22.6. The molecular formula is C15H17N5O2. The number of hydrogen-bond donors (Lipinski definition) is 2. The summed E-state index contributed by atoms with van der Waals surface area (Å²) in [6, 6.07) is 6.18. The van der Waals surface area contributed by atoms with Gasteiger partial charge < -0.3 is 9.63 Å². The van der Waals surface area contributed by atoms with E-state index in [1.54, 1.807) is 6.92 Å². The SMILES string of the molecule is Cc1noc([C@H]2C[C@H](O)CN2Cc2ccc3cn[nH]c3c2)n1. The molecule has 1 fully saturated rings. The Morgan fingerprint density at radius 3 is 3.18 bits per heavy atom. The number of rotatable bonds is 3. The van der Waals surface area contributed by atoms with Crippen LogP contribution in [0.15, 0.2) is 28.9 Å². The first kappa shape index (κ1) is 13.4. The minimum atomic E-state index is -0.368. The summed E-state index contributed by atoms with van der Waals surface area (Å²) >= 11 is 0. The van der Waals surface area contributed by atoms with Crippen LogP contribution in [0.2, 0.25) is 0 Å². The van der Waals surface area contributed by atoms with Crippen molar-refractivity contribution in [1.82, 2.24) is 25.2 Å². The second-order valence-corrected chi connectivity index (χ2v) is 5.81. The van der Waals surface area contributed by atoms with Crippen LogP contribution in [0.1, 0.15) is 29.7 Å². The van der Waals surface area contributed by atoms with Crippen LogP contribution in [0.25, 0.3) is 10.9 Å². The number of nitrogens with one attached hydrogen (secondary N) is 1. The Morgan fingerprint density at radius 2 is 2.36 bits per heavy atom. The first-order valence-electron chi connectivity index (χ1n) is 7.33. The predicted octanol–water partition coefficient (Wildman–Crippen LogP) is 1.56. The summed E-state index contributed by atoms with van der Waals surface area (Å²) in [6.07, 6.45) is 2.06. The van der Waals surface area contributed by atoms with Crippen molar-refractivity contribution in [2.24, 2.45) is 0 Å². The monoisotopic (exact) mass is 299 g/mol. The number of benzene rings is 1. The first-order chi connectivity index (χ1) is 10.7. The summed E-state index contributed by atoms with van der Waals surface area (Å²) in [6.45, 7) is 3.13. The van der Waals surface area contributed by atoms with Gasteiger partial charge in [0.2, 0.25) is 5.89 Å². The molecule has 2 aromatic heterocycles. The van der Waals surface area contributed by atoms with Gasteiger partial charge in [-0.3, -0.25) is 10.00 Å². The third-order valence-electron chi connectivity index (χ3n) is 4.10. The summed E-state index contributed by atoms with van der Waals surface area (Å²) in [5.74, 6) is 1.20. The van der Waals surface area contributed by atoms with Crippen LogP contribution in [0.5, 0.6) is 0 Å². The average Bonchev–Trinajstić information content (AvgIpc) is 3.18. The quantitative estimate of drug-likeness (QED) is 0.762. The Bertz CT molecular complexity index is 796. The van der Waals surface area contributed by atoms with E-state index in [1.807, 2.05) is 12.3 Å². The molecule has 2 N–H and O–H groups in total. The standard InChI is InChI=1S/C15H17N5O2/c1-9-17-15(22-19-9)14-5-12(21)8-20(14)7-10-2-3-11-6-16-18-13(11)4-10/h2-4,6,12,14,21H,5,7-8H2,1H3,(H,16,18)/t12-,14+/m0/s1. The van der Waals surface area contributed by atoms with Crippen molar-refractivity contribution in [3.05, 3.63) is 41.7 Å². The van der Waals surface area contributed by atoms with Crippen molar-refractivity contribution in [3.63, 3.8) is 0 Å². The Balaban J connectivity index is 1.59. The molecule has 2 atom stereocenters. The van der Waals surface area contributed by atoms with E-state index in [4.69, 9.17) is 4.52 Å². The number of aryl methyl sites for hydroxylation is 1. The van der Waals surface area contributed by atoms with E-state index in [1.165, 1.54) is 0 Å². The van der Waals surface area contributed by atoms with Gasteiger partial charge in [-0.2, -0.15) is 10.1 Å². The Hall–Kier alpha value is -2.25. The van der Waals surface area contributed by atoms with Crippen LogP contribution in [-0.2, 0) is 6.54 Å². The largest absolute Gasteiger partial charge is 0.392 e. The number of H-pyrrole nitrogens is 1. The van der Waals surface area contributed by atoms with Gasteiger partial charge in [0.05, 0.1) is 23.9 Å². The van der Waals surface area contributed by atoms with Crippen molar-refractivity contribution in [2.45, 2.75) is 32.0 Å². The molecule has 0 unspecified atom stereocenters. The number of aromatic nitrogens is 4. The van der Waals surface area contributed by atoms with Gasteiger partial charge in [-0.05, 0) is 25.0 Å². The molecule has 114 valence electrons. The lowest BCUT2D eigenvalue weighted by Crippen LogP contribution is -2.24. The van der Waals surface area contributed by atoms with Crippen LogP contribution in [0.4, 0.5) is 0 Å². The van der Waals surface area contributed by atoms with Crippen molar-refractivity contribution >= 4 is 10.9 Å². The number of nitrogens with zero attached hydrogens (tertiary/aromatic N) is 4. The van der Waals surface area contributed by atoms with Crippen molar-refractivity contribution in [1.29, 1.82) is 0 Å². The zero-order chi connectivity index (χ0) is 15.1. The maximum Gasteiger partial charge on any atom is 0.244 e. The second-order valence-electron chi connectivity index (χ2n) is 5.81. The lowest BCUT2D eigenvalue weighted by molar-refractivity contribution is 0.169. The van der Waals surface area contributed by atoms with Gasteiger partial charge in [-0.25, -0.2) is 0 Å². The summed E-state index contributed by atoms with van der Waals surface area (Å²) in [5.41, 5.74) is 2.18. The highest BCUT2D eigenvalue weighted by Crippen LogP contribution is 2.32. The lowest BCUT2D eigenvalue weighted by atomic mass is 10.1. The van der Waals surface area contributed by atoms with Crippen LogP contribution in [0.3, 0.4) is 0 Å². The topological polar surface area (TPSA) is 91.1 Å². The fourth-order valence-electron chi connectivity index (χ4n) is 3.08. The zero-order valence-corrected chi connectivity index (χ0v) is 12.2. The van der Waals surface area contributed by atoms with E-state index in [2.05, 4.69) is 37.4 Å². The van der Waals surface area contributed by atoms with E-state index in [-0.39, 0.29) is 12.1 Å². The number of hydrogen-bond acceptors (Lipinski definition) is 6. The lowest BCUT2D eigenvalue weighted by Gasteiger charge is -2.21. The van der Waals surface area contributed by atoms with Gasteiger partial charge in [0.1, 0.15) is 0 Å². The summed E-state index contributed by atoms with van der Waals surface area (Å²) in [5, 5.41) is 22.0. The molecule has 1 aliphatic heterocycles. The number of β-amino-alcohol motifs (C(OH)–C–C–N with tert-alkyl or cyclic N) is 1. The Morgan fingerprint density at radius 1 is 1.45 bits per heavy atom. The molecule has 1 aromatic carbocycles. The number of aliphatic hydroxyl groups is 1. The fourth-order valence-corrected chi connectivity index (χ4v) is 3.08. The fraction of sp³-hybridized carbons (Fsp3) is 0.400. The van der Waals surface area contributed by atoms with Gasteiger partial charge in [0.25, 0.3) is 0 Å². The predicted molar refractivity (Wildman–Crippen MR) is 78.9 cm³/mol. The molecule has 0 radical (unpaired) electrons. The minimum Gasteiger partial charge on any atom is -0.392 e. The molecule has 0 aliphatic carbocycles. The smallest absolute Gasteiger partial charge is 0.244 e. The molecule has 7 heteroatoms. The van der Waals surface area contributed by atoms with E-state index in [0.717, 1.165) is 23.0 Å². The number of aliphatic hydroxyl groups excluding tert-OH is 1. The van der Waals surface area contributed by atoms with Crippen LogP contribution in [-0.4, -0.2) is 43.0 Å². The molecule has 1 aliphatic rings. The highest BCUT2D eigenvalue weighted by Gasteiger charge is 2.35. The molecule has 4 rings (SSSR count). The van der Waals surface area contributed by atoms with Gasteiger partial charge in [-0.1, -0.05) is 17.3 Å². The van der Waals surface area contributed by atoms with Gasteiger partial charge in [0, 0.05) is 18.5 Å². The Kier molecular flexibility index (Phi) is 3.16. The van der Waals surface area contributed by atoms with Crippen molar-refractivity contribution < 1.29 is 9.63 Å². The van der Waals surface area contributed by atoms with E-state index in [9.17, 15) is 5.11 Å². The molecule has 22 heavy (non-hydrogen) atoms. The minimum absolute atomic E-state index is 0.0336. The summed E-state index contributed by atoms with van der Waals surface area (Å²) in [4.78, 5) is 6.49. The van der Waals surface area contributed by atoms with E-state index >= 15 is 0 Å². The molecule has 3 aromatic rings. The average molecular weight is 299 g/mol. The Labute approximate surface area is 126 Å². The van der Waals surface area contributed by atoms with Crippen LogP contribution in [0, 0.1) is 6.92 Å². The molecule has 1 saturated heterocycles. The second kappa shape index (κ2) is 5.19. The zero-order valence-electron chi connectivity index (χ0n) is 12.2. The van der Waals surface area contributed by atoms with Gasteiger partial charge >= 0.3 is 0 Å². The van der Waals surface area contributed by atoms with E-state index in [0.29, 0.717) is 24.7 Å². The van der Waals surface area contributed by atoms with Crippen molar-refractivity contribution in [2.75, 3.05) is 6.54 Å². The summed E-state index contributed by atoms with van der Waals surface area (Å²) in [7, 11) is 0. The molecule has 3 heterocycles. The third-order valence-corrected chi connectivity index (χ3v) is 4.10.